The first-order valence-electron chi connectivity index (χ1n) is 10.8. The van der Waals surface area contributed by atoms with Crippen molar-refractivity contribution < 1.29 is 9.59 Å². The van der Waals surface area contributed by atoms with Gasteiger partial charge in [0, 0.05) is 45.7 Å². The van der Waals surface area contributed by atoms with Crippen molar-refractivity contribution >= 4 is 23.0 Å². The van der Waals surface area contributed by atoms with Gasteiger partial charge in [-0.05, 0) is 44.7 Å². The number of para-hydroxylation sites is 2. The van der Waals surface area contributed by atoms with Crippen LogP contribution in [0.15, 0.2) is 24.3 Å². The molecule has 2 aliphatic heterocycles. The van der Waals surface area contributed by atoms with E-state index in [-0.39, 0.29) is 17.9 Å². The molecule has 3 heterocycles. The lowest BCUT2D eigenvalue weighted by Gasteiger charge is -2.35. The average Bonchev–Trinajstić information content (AvgIpc) is 3.40. The van der Waals surface area contributed by atoms with Gasteiger partial charge in [-0.15, -0.1) is 0 Å². The number of piperidine rings is 1. The summed E-state index contributed by atoms with van der Waals surface area (Å²) in [6, 6.07) is 8.25. The number of aryl methyl sites for hydroxylation is 1. The summed E-state index contributed by atoms with van der Waals surface area (Å²) < 4.78 is 2.18. The van der Waals surface area contributed by atoms with Crippen LogP contribution in [-0.2, 0) is 17.9 Å². The number of hydrogen-bond acceptors (Lipinski definition) is 3. The largest absolute Gasteiger partial charge is 0.338 e. The fraction of sp³-hybridized carbons (Fsp3) is 0.591. The van der Waals surface area contributed by atoms with Gasteiger partial charge < -0.3 is 19.3 Å². The minimum absolute atomic E-state index is 0.0120. The van der Waals surface area contributed by atoms with Gasteiger partial charge in [0.1, 0.15) is 5.82 Å². The molecule has 1 aromatic carbocycles. The van der Waals surface area contributed by atoms with Gasteiger partial charge in [-0.1, -0.05) is 12.1 Å². The van der Waals surface area contributed by atoms with Gasteiger partial charge in [-0.2, -0.15) is 0 Å². The van der Waals surface area contributed by atoms with Crippen molar-refractivity contribution in [3.8, 4) is 0 Å². The summed E-state index contributed by atoms with van der Waals surface area (Å²) in [6.07, 6.45) is 3.70. The molecule has 0 spiro atoms. The molecule has 0 bridgehead atoms. The first-order valence-corrected chi connectivity index (χ1v) is 10.8. The van der Waals surface area contributed by atoms with Crippen molar-refractivity contribution in [3.63, 3.8) is 0 Å². The molecule has 3 amide bonds. The van der Waals surface area contributed by atoms with E-state index >= 15 is 0 Å². The SMILES string of the molecule is CCn1c(CN(C)C(=O)C2CCN(C(=O)N3CCCC3)CC2)nc2ccccc21. The van der Waals surface area contributed by atoms with Crippen LogP contribution >= 0.6 is 0 Å². The standard InChI is InChI=1S/C22H31N5O2/c1-3-27-19-9-5-4-8-18(19)23-20(27)16-24(2)21(28)17-10-14-26(15-11-17)22(29)25-12-6-7-13-25/h4-5,8-9,17H,3,6-7,10-16H2,1-2H3. The topological polar surface area (TPSA) is 61.7 Å². The molecule has 4 rings (SSSR count). The predicted octanol–water partition coefficient (Wildman–Crippen LogP) is 2.94. The van der Waals surface area contributed by atoms with Crippen LogP contribution < -0.4 is 0 Å². The lowest BCUT2D eigenvalue weighted by molar-refractivity contribution is -0.136. The zero-order valence-corrected chi connectivity index (χ0v) is 17.5. The van der Waals surface area contributed by atoms with Gasteiger partial charge >= 0.3 is 6.03 Å². The van der Waals surface area contributed by atoms with Crippen molar-refractivity contribution in [2.45, 2.75) is 45.7 Å². The number of urea groups is 1. The second kappa shape index (κ2) is 8.43. The van der Waals surface area contributed by atoms with E-state index in [2.05, 4.69) is 17.6 Å². The summed E-state index contributed by atoms with van der Waals surface area (Å²) in [7, 11) is 1.86. The molecular formula is C22H31N5O2. The van der Waals surface area contributed by atoms with Crippen LogP contribution in [0.2, 0.25) is 0 Å². The fourth-order valence-corrected chi connectivity index (χ4v) is 4.63. The third-order valence-corrected chi connectivity index (χ3v) is 6.30. The Labute approximate surface area is 172 Å². The Bertz CT molecular complexity index is 878. The summed E-state index contributed by atoms with van der Waals surface area (Å²) in [5, 5.41) is 0. The summed E-state index contributed by atoms with van der Waals surface area (Å²) in [4.78, 5) is 36.0. The molecule has 7 heteroatoms. The van der Waals surface area contributed by atoms with E-state index < -0.39 is 0 Å². The number of rotatable bonds is 4. The third kappa shape index (κ3) is 3.95. The molecule has 2 aliphatic rings. The van der Waals surface area contributed by atoms with E-state index in [1.165, 1.54) is 0 Å². The van der Waals surface area contributed by atoms with E-state index in [0.29, 0.717) is 19.6 Å². The number of amides is 3. The molecule has 7 nitrogen and oxygen atoms in total. The number of nitrogens with zero attached hydrogens (tertiary/aromatic N) is 5. The first kappa shape index (κ1) is 19.7. The van der Waals surface area contributed by atoms with E-state index in [0.717, 1.165) is 62.2 Å². The van der Waals surface area contributed by atoms with Crippen LogP contribution in [0.25, 0.3) is 11.0 Å². The lowest BCUT2D eigenvalue weighted by atomic mass is 9.95. The highest BCUT2D eigenvalue weighted by molar-refractivity contribution is 5.80. The van der Waals surface area contributed by atoms with Crippen LogP contribution in [0.5, 0.6) is 0 Å². The summed E-state index contributed by atoms with van der Waals surface area (Å²) in [5.74, 6) is 1.07. The minimum atomic E-state index is -0.0120. The van der Waals surface area contributed by atoms with Crippen molar-refractivity contribution in [1.82, 2.24) is 24.3 Å². The maximum absolute atomic E-state index is 13.0. The molecule has 29 heavy (non-hydrogen) atoms. The Hall–Kier alpha value is -2.57. The van der Waals surface area contributed by atoms with Crippen molar-refractivity contribution in [2.24, 2.45) is 5.92 Å². The smallest absolute Gasteiger partial charge is 0.319 e. The van der Waals surface area contributed by atoms with Gasteiger partial charge in [-0.3, -0.25) is 4.79 Å². The molecule has 156 valence electrons. The number of carbonyl (C=O) groups excluding carboxylic acids is 2. The summed E-state index contributed by atoms with van der Waals surface area (Å²) >= 11 is 0. The van der Waals surface area contributed by atoms with Gasteiger partial charge in [0.15, 0.2) is 0 Å². The van der Waals surface area contributed by atoms with E-state index in [4.69, 9.17) is 4.98 Å². The van der Waals surface area contributed by atoms with E-state index in [9.17, 15) is 9.59 Å². The molecular weight excluding hydrogens is 366 g/mol. The zero-order valence-electron chi connectivity index (χ0n) is 17.5. The van der Waals surface area contributed by atoms with E-state index in [1.807, 2.05) is 35.0 Å². The van der Waals surface area contributed by atoms with Crippen LogP contribution in [0.4, 0.5) is 4.79 Å². The normalized spacial score (nSPS) is 17.9. The Morgan fingerprint density at radius 2 is 1.72 bits per heavy atom. The Morgan fingerprint density at radius 3 is 2.41 bits per heavy atom. The van der Waals surface area contributed by atoms with Crippen LogP contribution in [0.1, 0.15) is 38.4 Å². The second-order valence-corrected chi connectivity index (χ2v) is 8.19. The zero-order chi connectivity index (χ0) is 20.4. The monoisotopic (exact) mass is 397 g/mol. The number of imidazole rings is 1. The maximum Gasteiger partial charge on any atom is 0.319 e. The number of carbonyl (C=O) groups is 2. The molecule has 2 saturated heterocycles. The van der Waals surface area contributed by atoms with Crippen LogP contribution in [0, 0.1) is 5.92 Å². The maximum atomic E-state index is 13.0. The molecule has 0 aliphatic carbocycles. The number of fused-ring (bicyclic) bond motifs is 1. The van der Waals surface area contributed by atoms with Gasteiger partial charge in [-0.25, -0.2) is 9.78 Å². The summed E-state index contributed by atoms with van der Waals surface area (Å²) in [6.45, 7) is 6.54. The highest BCUT2D eigenvalue weighted by atomic mass is 16.2. The molecule has 0 unspecified atom stereocenters. The second-order valence-electron chi connectivity index (χ2n) is 8.19. The third-order valence-electron chi connectivity index (χ3n) is 6.30. The average molecular weight is 398 g/mol. The van der Waals surface area contributed by atoms with Gasteiger partial charge in [0.2, 0.25) is 5.91 Å². The van der Waals surface area contributed by atoms with E-state index in [1.54, 1.807) is 4.90 Å². The predicted molar refractivity (Wildman–Crippen MR) is 112 cm³/mol. The number of likely N-dealkylation sites (tertiary alicyclic amines) is 2. The molecule has 0 N–H and O–H groups in total. The number of aromatic nitrogens is 2. The van der Waals surface area contributed by atoms with Crippen molar-refractivity contribution in [1.29, 1.82) is 0 Å². The fourth-order valence-electron chi connectivity index (χ4n) is 4.63. The molecule has 1 aromatic heterocycles. The molecule has 0 saturated carbocycles. The number of hydrogen-bond donors (Lipinski definition) is 0. The van der Waals surface area contributed by atoms with Gasteiger partial charge in [0.25, 0.3) is 0 Å². The highest BCUT2D eigenvalue weighted by Crippen LogP contribution is 2.23. The number of benzene rings is 1. The Kier molecular flexibility index (Phi) is 5.74. The summed E-state index contributed by atoms with van der Waals surface area (Å²) in [5.41, 5.74) is 2.08. The lowest BCUT2D eigenvalue weighted by Crippen LogP contribution is -2.47. The van der Waals surface area contributed by atoms with Crippen LogP contribution in [0.3, 0.4) is 0 Å². The molecule has 2 fully saturated rings. The first-order chi connectivity index (χ1) is 14.1. The Morgan fingerprint density at radius 1 is 1.07 bits per heavy atom. The minimum Gasteiger partial charge on any atom is -0.338 e. The van der Waals surface area contributed by atoms with Crippen molar-refractivity contribution in [3.05, 3.63) is 30.1 Å². The molecule has 0 atom stereocenters. The molecule has 2 aromatic rings. The van der Waals surface area contributed by atoms with Gasteiger partial charge in [0.05, 0.1) is 17.6 Å². The molecule has 0 radical (unpaired) electrons. The quantitative estimate of drug-likeness (QED) is 0.797. The van der Waals surface area contributed by atoms with Crippen LogP contribution in [-0.4, -0.2) is 69.4 Å². The van der Waals surface area contributed by atoms with Crippen molar-refractivity contribution in [2.75, 3.05) is 33.2 Å². The highest BCUT2D eigenvalue weighted by Gasteiger charge is 2.32. The Balaban J connectivity index is 1.36.